The molecule has 3 N–H and O–H groups in total. The van der Waals surface area contributed by atoms with E-state index in [-0.39, 0.29) is 37.1 Å². The van der Waals surface area contributed by atoms with E-state index in [1.165, 1.54) is 11.8 Å². The highest BCUT2D eigenvalue weighted by molar-refractivity contribution is 8.03. The van der Waals surface area contributed by atoms with Gasteiger partial charge < -0.3 is 29.7 Å². The topological polar surface area (TPSA) is 113 Å². The van der Waals surface area contributed by atoms with Crippen molar-refractivity contribution in [3.63, 3.8) is 0 Å². The highest BCUT2D eigenvalue weighted by Crippen LogP contribution is 2.42. The lowest BCUT2D eigenvalue weighted by molar-refractivity contribution is 0.104. The van der Waals surface area contributed by atoms with Gasteiger partial charge in [0.15, 0.2) is 0 Å². The normalized spacial score (nSPS) is 16.3. The molecule has 0 aliphatic carbocycles. The van der Waals surface area contributed by atoms with Gasteiger partial charge in [0.1, 0.15) is 18.5 Å². The van der Waals surface area contributed by atoms with Gasteiger partial charge in [-0.05, 0) is 53.9 Å². The van der Waals surface area contributed by atoms with Crippen molar-refractivity contribution in [2.75, 3.05) is 19.3 Å². The molecule has 9 nitrogen and oxygen atoms in total. The van der Waals surface area contributed by atoms with Crippen molar-refractivity contribution in [2.24, 2.45) is 5.92 Å². The SMILES string of the molecule is CC(C)C1=C(Sc2cc(Cl)cc(Cl)c2)N(Cc2ccncc2)C(COC(=O)NCCP(=O)(O)Oc2ccccc2)N1. The van der Waals surface area contributed by atoms with Gasteiger partial charge in [-0.1, -0.05) is 67.0 Å². The van der Waals surface area contributed by atoms with Crippen LogP contribution < -0.4 is 15.2 Å². The second-order valence-electron chi connectivity index (χ2n) is 9.51. The van der Waals surface area contributed by atoms with Crippen LogP contribution in [-0.4, -0.2) is 46.3 Å². The van der Waals surface area contributed by atoms with E-state index in [2.05, 4.69) is 34.4 Å². The molecule has 0 fully saturated rings. The Kier molecular flexibility index (Phi) is 10.9. The van der Waals surface area contributed by atoms with Crippen LogP contribution in [0.2, 0.25) is 10.0 Å². The maximum absolute atomic E-state index is 12.5. The molecule has 1 aliphatic heterocycles. The van der Waals surface area contributed by atoms with Gasteiger partial charge in [-0.15, -0.1) is 0 Å². The van der Waals surface area contributed by atoms with Gasteiger partial charge >= 0.3 is 13.7 Å². The van der Waals surface area contributed by atoms with E-state index in [9.17, 15) is 14.3 Å². The first-order chi connectivity index (χ1) is 19.6. The van der Waals surface area contributed by atoms with Gasteiger partial charge in [0.2, 0.25) is 0 Å². The molecule has 1 aromatic heterocycles. The molecular formula is C28H31Cl2N4O5PS. The molecule has 0 spiro atoms. The van der Waals surface area contributed by atoms with Crippen molar-refractivity contribution in [3.8, 4) is 5.75 Å². The average Bonchev–Trinajstić information content (AvgIpc) is 3.24. The number of nitrogens with one attached hydrogen (secondary N) is 2. The van der Waals surface area contributed by atoms with Crippen LogP contribution in [0.1, 0.15) is 19.4 Å². The summed E-state index contributed by atoms with van der Waals surface area (Å²) in [4.78, 5) is 29.8. The van der Waals surface area contributed by atoms with Gasteiger partial charge in [0, 0.05) is 46.1 Å². The maximum Gasteiger partial charge on any atom is 0.407 e. The summed E-state index contributed by atoms with van der Waals surface area (Å²) in [6, 6.07) is 17.6. The zero-order chi connectivity index (χ0) is 29.4. The highest BCUT2D eigenvalue weighted by atomic mass is 35.5. The number of nitrogens with zero attached hydrogens (tertiary/aromatic N) is 2. The zero-order valence-electron chi connectivity index (χ0n) is 22.5. The maximum atomic E-state index is 12.5. The number of amides is 1. The molecule has 218 valence electrons. The van der Waals surface area contributed by atoms with Crippen molar-refractivity contribution in [1.82, 2.24) is 20.5 Å². The fourth-order valence-electron chi connectivity index (χ4n) is 4.04. The van der Waals surface area contributed by atoms with Crippen LogP contribution in [0, 0.1) is 5.92 Å². The van der Waals surface area contributed by atoms with Crippen molar-refractivity contribution >= 4 is 48.7 Å². The van der Waals surface area contributed by atoms with E-state index in [0.717, 1.165) is 21.2 Å². The molecule has 3 aromatic rings. The first-order valence-corrected chi connectivity index (χ1v) is 16.2. The second-order valence-corrected chi connectivity index (χ2v) is 13.4. The number of benzene rings is 2. The number of aromatic nitrogens is 1. The Morgan fingerprint density at radius 1 is 1.15 bits per heavy atom. The molecule has 2 aromatic carbocycles. The number of allylic oxidation sites excluding steroid dienone is 1. The van der Waals surface area contributed by atoms with Crippen LogP contribution >= 0.6 is 42.6 Å². The Morgan fingerprint density at radius 3 is 2.49 bits per heavy atom. The predicted molar refractivity (Wildman–Crippen MR) is 162 cm³/mol. The Morgan fingerprint density at radius 2 is 1.83 bits per heavy atom. The average molecular weight is 638 g/mol. The number of ether oxygens (including phenoxy) is 1. The summed E-state index contributed by atoms with van der Waals surface area (Å²) in [5.41, 5.74) is 2.02. The molecular weight excluding hydrogens is 606 g/mol. The number of pyridine rings is 1. The minimum atomic E-state index is -3.95. The van der Waals surface area contributed by atoms with E-state index in [4.69, 9.17) is 32.5 Å². The van der Waals surface area contributed by atoms with Crippen LogP contribution in [-0.2, 0) is 15.8 Å². The van der Waals surface area contributed by atoms with Gasteiger partial charge in [0.25, 0.3) is 0 Å². The molecule has 0 saturated heterocycles. The lowest BCUT2D eigenvalue weighted by Crippen LogP contribution is -2.42. The van der Waals surface area contributed by atoms with Crippen molar-refractivity contribution in [3.05, 3.63) is 99.4 Å². The minimum Gasteiger partial charge on any atom is -0.445 e. The molecule has 0 saturated carbocycles. The van der Waals surface area contributed by atoms with E-state index >= 15 is 0 Å². The van der Waals surface area contributed by atoms with Crippen molar-refractivity contribution < 1.29 is 23.5 Å². The quantitative estimate of drug-likeness (QED) is 0.186. The lowest BCUT2D eigenvalue weighted by atomic mass is 10.1. The number of hydrogen-bond donors (Lipinski definition) is 3. The second kappa shape index (κ2) is 14.3. The third-order valence-corrected chi connectivity index (χ3v) is 8.79. The third-order valence-electron chi connectivity index (χ3n) is 5.95. The first-order valence-electron chi connectivity index (χ1n) is 12.9. The molecule has 2 heterocycles. The zero-order valence-corrected chi connectivity index (χ0v) is 25.7. The molecule has 4 rings (SSSR count). The largest absolute Gasteiger partial charge is 0.445 e. The van der Waals surface area contributed by atoms with Crippen LogP contribution in [0.3, 0.4) is 0 Å². The fourth-order valence-corrected chi connectivity index (χ4v) is 6.94. The number of thioether (sulfide) groups is 1. The van der Waals surface area contributed by atoms with Gasteiger partial charge in [-0.2, -0.15) is 0 Å². The summed E-state index contributed by atoms with van der Waals surface area (Å²) in [6.45, 7) is 4.62. The lowest BCUT2D eigenvalue weighted by Gasteiger charge is -2.28. The molecule has 2 unspecified atom stereocenters. The summed E-state index contributed by atoms with van der Waals surface area (Å²) in [6.07, 6.45) is 2.12. The van der Waals surface area contributed by atoms with E-state index in [0.29, 0.717) is 16.6 Å². The number of carbonyl (C=O) groups excluding carboxylic acids is 1. The summed E-state index contributed by atoms with van der Waals surface area (Å²) in [7, 11) is -3.95. The fraction of sp³-hybridized carbons (Fsp3) is 0.286. The van der Waals surface area contributed by atoms with Crippen LogP contribution in [0.25, 0.3) is 0 Å². The molecule has 1 amide bonds. The van der Waals surface area contributed by atoms with E-state index in [1.54, 1.807) is 48.8 Å². The first kappa shape index (κ1) is 31.1. The number of halogens is 2. The standard InChI is InChI=1S/C28H31Cl2N4O5PS/c1-19(2)26-27(41-24-15-21(29)14-22(30)16-24)34(17-20-8-10-31-11-9-20)25(33-26)18-38-28(35)32-12-13-40(36,37)39-23-6-4-3-5-7-23/h3-11,14-16,19,25,33H,12-13,17-18H2,1-2H3,(H,32,35)(H,36,37). The minimum absolute atomic E-state index is 0.0187. The van der Waals surface area contributed by atoms with E-state index in [1.807, 2.05) is 24.3 Å². The number of hydrogen-bond acceptors (Lipinski definition) is 8. The predicted octanol–water partition coefficient (Wildman–Crippen LogP) is 6.73. The van der Waals surface area contributed by atoms with Gasteiger partial charge in [-0.25, -0.2) is 9.36 Å². The van der Waals surface area contributed by atoms with Crippen LogP contribution in [0.5, 0.6) is 5.75 Å². The number of rotatable bonds is 12. The number of alkyl carbamates (subject to hydrolysis) is 1. The van der Waals surface area contributed by atoms with Crippen molar-refractivity contribution in [2.45, 2.75) is 31.5 Å². The molecule has 0 radical (unpaired) electrons. The highest BCUT2D eigenvalue weighted by Gasteiger charge is 2.34. The molecule has 2 atom stereocenters. The molecule has 41 heavy (non-hydrogen) atoms. The summed E-state index contributed by atoms with van der Waals surface area (Å²) >= 11 is 14.1. The Balaban J connectivity index is 1.41. The van der Waals surface area contributed by atoms with E-state index < -0.39 is 13.7 Å². The number of carbonyl (C=O) groups is 1. The third kappa shape index (κ3) is 9.31. The number of para-hydroxylation sites is 1. The van der Waals surface area contributed by atoms with Gasteiger partial charge in [0.05, 0.1) is 11.2 Å². The van der Waals surface area contributed by atoms with Crippen LogP contribution in [0.4, 0.5) is 4.79 Å². The molecule has 13 heteroatoms. The van der Waals surface area contributed by atoms with Crippen LogP contribution in [0.15, 0.2) is 88.7 Å². The Labute approximate surface area is 253 Å². The summed E-state index contributed by atoms with van der Waals surface area (Å²) in [5, 5.41) is 8.09. The monoisotopic (exact) mass is 636 g/mol. The molecule has 1 aliphatic rings. The van der Waals surface area contributed by atoms with Gasteiger partial charge in [-0.3, -0.25) is 4.98 Å². The van der Waals surface area contributed by atoms with Crippen molar-refractivity contribution in [1.29, 1.82) is 0 Å². The summed E-state index contributed by atoms with van der Waals surface area (Å²) in [5.74, 6) is 0.430. The molecule has 0 bridgehead atoms. The summed E-state index contributed by atoms with van der Waals surface area (Å²) < 4.78 is 23.1. The Bertz CT molecular complexity index is 1390. The Hall–Kier alpha value is -2.88. The smallest absolute Gasteiger partial charge is 0.407 e.